The lowest BCUT2D eigenvalue weighted by molar-refractivity contribution is -0.142. The topological polar surface area (TPSA) is 197 Å². The second-order valence-electron chi connectivity index (χ2n) is 6.56. The number of amides is 3. The normalized spacial score (nSPS) is 14.8. The number of aliphatic hydroxyl groups excluding tert-OH is 1. The first-order valence-corrected chi connectivity index (χ1v) is 11.5. The fourth-order valence-corrected chi connectivity index (χ4v) is 2.99. The van der Waals surface area contributed by atoms with Crippen molar-refractivity contribution in [1.82, 2.24) is 16.0 Å². The van der Waals surface area contributed by atoms with Crippen molar-refractivity contribution in [3.8, 4) is 0 Å². The molecule has 0 aliphatic heterocycles. The van der Waals surface area contributed by atoms with E-state index >= 15 is 0 Å². The lowest BCUT2D eigenvalue weighted by Gasteiger charge is -2.24. The van der Waals surface area contributed by atoms with Gasteiger partial charge in [0.15, 0.2) is 0 Å². The molecule has 3 amide bonds. The molecule has 9 N–H and O–H groups in total. The summed E-state index contributed by atoms with van der Waals surface area (Å²) in [4.78, 5) is 48.3. The second-order valence-corrected chi connectivity index (χ2v) is 7.91. The number of thiol groups is 1. The summed E-state index contributed by atoms with van der Waals surface area (Å²) in [5.74, 6) is -2.74. The Kier molecular flexibility index (Phi) is 15.4. The van der Waals surface area contributed by atoms with E-state index in [2.05, 4.69) is 28.6 Å². The van der Waals surface area contributed by atoms with Crippen LogP contribution in [0.4, 0.5) is 0 Å². The summed E-state index contributed by atoms with van der Waals surface area (Å²) in [6, 6.07) is -4.43. The van der Waals surface area contributed by atoms with Gasteiger partial charge in [-0.05, 0) is 44.2 Å². The van der Waals surface area contributed by atoms with E-state index < -0.39 is 54.5 Å². The van der Waals surface area contributed by atoms with Crippen molar-refractivity contribution in [1.29, 1.82) is 0 Å². The minimum absolute atomic E-state index is 0.0806. The van der Waals surface area contributed by atoms with E-state index in [4.69, 9.17) is 11.5 Å². The molecule has 4 atom stereocenters. The molecule has 0 saturated heterocycles. The summed E-state index contributed by atoms with van der Waals surface area (Å²) < 4.78 is 0. The first-order valence-electron chi connectivity index (χ1n) is 9.51. The molecular formula is C17H33N5O6S2. The summed E-state index contributed by atoms with van der Waals surface area (Å²) in [5.41, 5.74) is 11.1. The molecule has 0 aromatic carbocycles. The molecule has 11 nitrogen and oxygen atoms in total. The fraction of sp³-hybridized carbons (Fsp3) is 0.765. The minimum atomic E-state index is -1.37. The molecule has 30 heavy (non-hydrogen) atoms. The van der Waals surface area contributed by atoms with Crippen LogP contribution in [0.1, 0.15) is 25.7 Å². The SMILES string of the molecule is CSCCC(NC(=O)C(CO)NC(=O)C(CCCCN)NC(=O)C(N)CS)C(=O)O. The highest BCUT2D eigenvalue weighted by atomic mass is 32.2. The van der Waals surface area contributed by atoms with Crippen LogP contribution in [0.2, 0.25) is 0 Å². The molecule has 0 aliphatic rings. The molecule has 0 aliphatic carbocycles. The molecule has 0 heterocycles. The van der Waals surface area contributed by atoms with E-state index in [1.54, 1.807) is 6.26 Å². The molecule has 0 saturated carbocycles. The molecule has 0 aromatic heterocycles. The summed E-state index contributed by atoms with van der Waals surface area (Å²) in [5, 5.41) is 25.9. The Hall–Kier alpha value is -1.54. The van der Waals surface area contributed by atoms with Crippen LogP contribution in [0, 0.1) is 0 Å². The number of carboxylic acid groups (broad SMARTS) is 1. The molecule has 0 rings (SSSR count). The van der Waals surface area contributed by atoms with Gasteiger partial charge < -0.3 is 37.6 Å². The number of thioether (sulfide) groups is 1. The highest BCUT2D eigenvalue weighted by Crippen LogP contribution is 2.04. The second kappa shape index (κ2) is 16.2. The number of aliphatic carboxylic acids is 1. The van der Waals surface area contributed by atoms with Crippen molar-refractivity contribution >= 4 is 48.1 Å². The fourth-order valence-electron chi connectivity index (χ4n) is 2.36. The Bertz CT molecular complexity index is 569. The van der Waals surface area contributed by atoms with Gasteiger partial charge in [-0.25, -0.2) is 4.79 Å². The first-order chi connectivity index (χ1) is 14.2. The van der Waals surface area contributed by atoms with E-state index in [1.165, 1.54) is 11.8 Å². The van der Waals surface area contributed by atoms with Gasteiger partial charge in [0.1, 0.15) is 18.1 Å². The zero-order valence-electron chi connectivity index (χ0n) is 17.0. The van der Waals surface area contributed by atoms with Crippen LogP contribution in [-0.4, -0.2) is 89.0 Å². The Morgan fingerprint density at radius 3 is 2.03 bits per heavy atom. The largest absolute Gasteiger partial charge is 0.480 e. The Morgan fingerprint density at radius 1 is 0.967 bits per heavy atom. The maximum absolute atomic E-state index is 12.6. The third-order valence-corrected chi connectivity index (χ3v) is 5.19. The zero-order valence-corrected chi connectivity index (χ0v) is 18.7. The van der Waals surface area contributed by atoms with Crippen molar-refractivity contribution in [3.05, 3.63) is 0 Å². The highest BCUT2D eigenvalue weighted by molar-refractivity contribution is 7.98. The molecule has 0 spiro atoms. The van der Waals surface area contributed by atoms with Crippen LogP contribution >= 0.6 is 24.4 Å². The molecule has 13 heteroatoms. The molecule has 0 aromatic rings. The quantitative estimate of drug-likeness (QED) is 0.0905. The number of carbonyl (C=O) groups excluding carboxylic acids is 3. The average Bonchev–Trinajstić information content (AvgIpc) is 2.72. The van der Waals surface area contributed by atoms with E-state index in [0.717, 1.165) is 0 Å². The third kappa shape index (κ3) is 11.0. The van der Waals surface area contributed by atoms with Gasteiger partial charge in [-0.2, -0.15) is 24.4 Å². The van der Waals surface area contributed by atoms with E-state index in [9.17, 15) is 29.4 Å². The Labute approximate surface area is 185 Å². The van der Waals surface area contributed by atoms with Gasteiger partial charge in [-0.15, -0.1) is 0 Å². The average molecular weight is 468 g/mol. The molecule has 0 bridgehead atoms. The van der Waals surface area contributed by atoms with Gasteiger partial charge in [0.2, 0.25) is 17.7 Å². The van der Waals surface area contributed by atoms with Gasteiger partial charge in [0, 0.05) is 5.75 Å². The summed E-state index contributed by atoms with van der Waals surface area (Å²) >= 11 is 5.37. The first kappa shape index (κ1) is 28.5. The molecule has 4 unspecified atom stereocenters. The van der Waals surface area contributed by atoms with Crippen LogP contribution in [0.5, 0.6) is 0 Å². The van der Waals surface area contributed by atoms with Gasteiger partial charge in [-0.1, -0.05) is 0 Å². The van der Waals surface area contributed by atoms with Gasteiger partial charge in [-0.3, -0.25) is 14.4 Å². The number of carbonyl (C=O) groups is 4. The number of rotatable bonds is 16. The van der Waals surface area contributed by atoms with E-state index in [1.807, 2.05) is 0 Å². The van der Waals surface area contributed by atoms with Crippen molar-refractivity contribution in [3.63, 3.8) is 0 Å². The maximum atomic E-state index is 12.6. The zero-order chi connectivity index (χ0) is 23.1. The van der Waals surface area contributed by atoms with Crippen LogP contribution in [0.15, 0.2) is 0 Å². The van der Waals surface area contributed by atoms with Crippen molar-refractivity contribution < 1.29 is 29.4 Å². The summed E-state index contributed by atoms with van der Waals surface area (Å²) in [6.07, 6.45) is 3.40. The van der Waals surface area contributed by atoms with E-state index in [-0.39, 0.29) is 18.6 Å². The monoisotopic (exact) mass is 467 g/mol. The van der Waals surface area contributed by atoms with Crippen LogP contribution in [0.3, 0.4) is 0 Å². The number of carboxylic acids is 1. The summed E-state index contributed by atoms with van der Waals surface area (Å²) in [6.45, 7) is -0.335. The predicted molar refractivity (Wildman–Crippen MR) is 118 cm³/mol. The number of aliphatic hydroxyl groups is 1. The Balaban J connectivity index is 5.12. The minimum Gasteiger partial charge on any atom is -0.480 e. The molecule has 174 valence electrons. The molecule has 0 radical (unpaired) electrons. The van der Waals surface area contributed by atoms with Gasteiger partial charge in [0.25, 0.3) is 0 Å². The molecule has 0 fully saturated rings. The third-order valence-electron chi connectivity index (χ3n) is 4.15. The van der Waals surface area contributed by atoms with Gasteiger partial charge >= 0.3 is 5.97 Å². The van der Waals surface area contributed by atoms with Crippen molar-refractivity contribution in [2.24, 2.45) is 11.5 Å². The standard InChI is InChI=1S/C17H33N5O6S2/c1-30-7-5-12(17(27)28)21-16(26)13(8-23)22-15(25)11(4-2-3-6-18)20-14(24)10(19)9-29/h10-13,23,29H,2-9,18-19H2,1H3,(H,20,24)(H,21,26)(H,22,25)(H,27,28). The lowest BCUT2D eigenvalue weighted by atomic mass is 10.1. The Morgan fingerprint density at radius 2 is 1.53 bits per heavy atom. The van der Waals surface area contributed by atoms with Crippen LogP contribution in [-0.2, 0) is 19.2 Å². The number of nitrogens with two attached hydrogens (primary N) is 2. The highest BCUT2D eigenvalue weighted by Gasteiger charge is 2.29. The summed E-state index contributed by atoms with van der Waals surface area (Å²) in [7, 11) is 0. The lowest BCUT2D eigenvalue weighted by Crippen LogP contribution is -2.58. The molecular weight excluding hydrogens is 434 g/mol. The van der Waals surface area contributed by atoms with E-state index in [0.29, 0.717) is 25.1 Å². The van der Waals surface area contributed by atoms with Crippen LogP contribution in [0.25, 0.3) is 0 Å². The van der Waals surface area contributed by atoms with Crippen molar-refractivity contribution in [2.75, 3.05) is 30.9 Å². The van der Waals surface area contributed by atoms with Gasteiger partial charge in [0.05, 0.1) is 12.6 Å². The van der Waals surface area contributed by atoms with Crippen LogP contribution < -0.4 is 27.4 Å². The number of hydrogen-bond donors (Lipinski definition) is 8. The smallest absolute Gasteiger partial charge is 0.326 e. The number of nitrogens with one attached hydrogen (secondary N) is 3. The predicted octanol–water partition coefficient (Wildman–Crippen LogP) is -2.34. The number of hydrogen-bond acceptors (Lipinski definition) is 9. The number of unbranched alkanes of at least 4 members (excludes halogenated alkanes) is 1. The maximum Gasteiger partial charge on any atom is 0.326 e. The van der Waals surface area contributed by atoms with Crippen molar-refractivity contribution in [2.45, 2.75) is 49.9 Å².